The minimum atomic E-state index is -3.76. The van der Waals surface area contributed by atoms with E-state index in [0.717, 1.165) is 24.7 Å². The number of benzene rings is 3. The van der Waals surface area contributed by atoms with Crippen molar-refractivity contribution in [2.75, 3.05) is 57.2 Å². The number of halogens is 1. The smallest absolute Gasteiger partial charge is 0.371 e. The number of ketones is 1. The Kier molecular flexibility index (Phi) is 12.4. The number of aliphatic hydroxyl groups excluding tert-OH is 1. The molecular formula is C37H39FN2O11S. The summed E-state index contributed by atoms with van der Waals surface area (Å²) in [6, 6.07) is 15.4. The highest BCUT2D eigenvalue weighted by molar-refractivity contribution is 7.92. The molecule has 3 N–H and O–H groups in total. The molecule has 3 aromatic carbocycles. The van der Waals surface area contributed by atoms with Crippen LogP contribution in [0.15, 0.2) is 76.9 Å². The highest BCUT2D eigenvalue weighted by atomic mass is 32.2. The number of carbonyl (C=O) groups is 3. The molecular weight excluding hydrogens is 699 g/mol. The normalized spacial score (nSPS) is 13.3. The van der Waals surface area contributed by atoms with E-state index < -0.39 is 33.4 Å². The number of carboxylic acids is 1. The summed E-state index contributed by atoms with van der Waals surface area (Å²) in [6.07, 6.45) is 3.50. The van der Waals surface area contributed by atoms with Crippen molar-refractivity contribution in [3.8, 4) is 11.3 Å². The molecule has 0 atom stereocenters. The van der Waals surface area contributed by atoms with Crippen LogP contribution in [-0.2, 0) is 35.6 Å². The summed E-state index contributed by atoms with van der Waals surface area (Å²) >= 11 is 0. The van der Waals surface area contributed by atoms with Crippen LogP contribution in [0.2, 0.25) is 0 Å². The van der Waals surface area contributed by atoms with Gasteiger partial charge in [-0.25, -0.2) is 17.6 Å². The minimum absolute atomic E-state index is 0.0221. The Morgan fingerprint density at radius 3 is 2.27 bits per heavy atom. The number of ether oxygens (including phenoxy) is 3. The Balaban J connectivity index is 1.15. The summed E-state index contributed by atoms with van der Waals surface area (Å²) in [5.41, 5.74) is 3.21. The number of aliphatic carboxylic acids is 1. The molecule has 1 heterocycles. The molecule has 0 spiro atoms. The average Bonchev–Trinajstić information content (AvgIpc) is 3.89. The first kappa shape index (κ1) is 38.1. The fourth-order valence-corrected chi connectivity index (χ4v) is 6.49. The highest BCUT2D eigenvalue weighted by Crippen LogP contribution is 2.48. The van der Waals surface area contributed by atoms with E-state index in [9.17, 15) is 32.3 Å². The van der Waals surface area contributed by atoms with Crippen LogP contribution in [0.4, 0.5) is 10.1 Å². The molecule has 0 aliphatic heterocycles. The number of hydrogen-bond donors (Lipinski definition) is 3. The maximum atomic E-state index is 13.7. The zero-order valence-corrected chi connectivity index (χ0v) is 29.4. The summed E-state index contributed by atoms with van der Waals surface area (Å²) in [4.78, 5) is 35.9. The number of allylic oxidation sites excluding steroid dienone is 1. The molecule has 5 rings (SSSR count). The standard InChI is InChI=1S/C37H39FN2O11S/c1-39-36(43)34-29-19-28(24-6-7-24)30(20-33(29)51-35(34)25-8-10-27(38)11-9-25)40(52(2,46)47)12-13-48-14-15-49-16-17-50-22-23-4-3-5-26(18-23)31(41)21-32(42)37(44)45/h3-5,8-11,18-21,24,42H,6-7,12-17,22H2,1-2H3,(H,39,43)(H,44,45). The zero-order valence-electron chi connectivity index (χ0n) is 28.6. The van der Waals surface area contributed by atoms with Gasteiger partial charge in [-0.05, 0) is 66.3 Å². The molecule has 15 heteroatoms. The third kappa shape index (κ3) is 9.61. The lowest BCUT2D eigenvalue weighted by molar-refractivity contribution is -0.135. The number of fused-ring (bicyclic) bond motifs is 1. The second-order valence-electron chi connectivity index (χ2n) is 12.1. The summed E-state index contributed by atoms with van der Waals surface area (Å²) in [5.74, 6) is -3.75. The van der Waals surface area contributed by atoms with E-state index in [2.05, 4.69) is 5.32 Å². The number of aliphatic hydroxyl groups is 1. The number of sulfonamides is 1. The van der Waals surface area contributed by atoms with Crippen molar-refractivity contribution in [3.63, 3.8) is 0 Å². The van der Waals surface area contributed by atoms with Crippen LogP contribution in [0.5, 0.6) is 0 Å². The van der Waals surface area contributed by atoms with Gasteiger partial charge in [0.15, 0.2) is 5.78 Å². The molecule has 1 aliphatic rings. The fraction of sp³-hybridized carbons (Fsp3) is 0.324. The van der Waals surface area contributed by atoms with E-state index in [1.165, 1.54) is 47.8 Å². The van der Waals surface area contributed by atoms with Crippen LogP contribution in [0, 0.1) is 5.82 Å². The van der Waals surface area contributed by atoms with Gasteiger partial charge in [-0.1, -0.05) is 18.2 Å². The van der Waals surface area contributed by atoms with E-state index >= 15 is 0 Å². The molecule has 52 heavy (non-hydrogen) atoms. The Hall–Kier alpha value is -5.09. The van der Waals surface area contributed by atoms with Crippen molar-refractivity contribution in [1.29, 1.82) is 0 Å². The topological polar surface area (TPSA) is 182 Å². The molecule has 0 saturated heterocycles. The van der Waals surface area contributed by atoms with Crippen molar-refractivity contribution < 1.29 is 56.0 Å². The van der Waals surface area contributed by atoms with Crippen LogP contribution in [0.25, 0.3) is 22.3 Å². The molecule has 276 valence electrons. The van der Waals surface area contributed by atoms with Crippen molar-refractivity contribution in [3.05, 3.63) is 101 Å². The fourth-order valence-electron chi connectivity index (χ4n) is 5.57. The van der Waals surface area contributed by atoms with Gasteiger partial charge in [0.05, 0.1) is 63.7 Å². The van der Waals surface area contributed by atoms with Crippen LogP contribution >= 0.6 is 0 Å². The first-order valence-electron chi connectivity index (χ1n) is 16.4. The molecule has 0 unspecified atom stereocenters. The van der Waals surface area contributed by atoms with Crippen LogP contribution < -0.4 is 9.62 Å². The largest absolute Gasteiger partial charge is 0.502 e. The van der Waals surface area contributed by atoms with E-state index in [-0.39, 0.29) is 74.9 Å². The third-order valence-electron chi connectivity index (χ3n) is 8.23. The van der Waals surface area contributed by atoms with Gasteiger partial charge in [0, 0.05) is 35.7 Å². The van der Waals surface area contributed by atoms with Gasteiger partial charge in [-0.15, -0.1) is 0 Å². The first-order valence-corrected chi connectivity index (χ1v) is 18.3. The number of carbonyl (C=O) groups excluding carboxylic acids is 2. The quantitative estimate of drug-likeness (QED) is 0.0498. The molecule has 1 aliphatic carbocycles. The van der Waals surface area contributed by atoms with Gasteiger partial charge >= 0.3 is 5.97 Å². The Bertz CT molecular complexity index is 2070. The lowest BCUT2D eigenvalue weighted by Crippen LogP contribution is -2.34. The summed E-state index contributed by atoms with van der Waals surface area (Å²) in [6.45, 7) is 1.18. The van der Waals surface area contributed by atoms with Gasteiger partial charge in [0.2, 0.25) is 15.8 Å². The van der Waals surface area contributed by atoms with Crippen molar-refractivity contribution in [1.82, 2.24) is 5.32 Å². The Morgan fingerprint density at radius 2 is 1.63 bits per heavy atom. The van der Waals surface area contributed by atoms with Crippen molar-refractivity contribution in [2.45, 2.75) is 25.4 Å². The lowest BCUT2D eigenvalue weighted by Gasteiger charge is -2.25. The number of furan rings is 1. The highest BCUT2D eigenvalue weighted by Gasteiger charge is 2.33. The number of hydrogen-bond acceptors (Lipinski definition) is 10. The first-order chi connectivity index (χ1) is 24.9. The molecule has 1 saturated carbocycles. The lowest BCUT2D eigenvalue weighted by atomic mass is 10.0. The predicted octanol–water partition coefficient (Wildman–Crippen LogP) is 5.20. The van der Waals surface area contributed by atoms with Gasteiger partial charge < -0.3 is 34.2 Å². The van der Waals surface area contributed by atoms with Gasteiger partial charge in [-0.3, -0.25) is 13.9 Å². The van der Waals surface area contributed by atoms with Crippen LogP contribution in [0.3, 0.4) is 0 Å². The van der Waals surface area contributed by atoms with Gasteiger partial charge in [0.25, 0.3) is 5.91 Å². The van der Waals surface area contributed by atoms with E-state index in [1.54, 1.807) is 18.2 Å². The molecule has 4 aromatic rings. The second-order valence-corrected chi connectivity index (χ2v) is 14.0. The second kappa shape index (κ2) is 17.0. The monoisotopic (exact) mass is 738 g/mol. The molecule has 0 radical (unpaired) electrons. The number of amides is 1. The predicted molar refractivity (Wildman–Crippen MR) is 190 cm³/mol. The number of nitrogens with zero attached hydrogens (tertiary/aromatic N) is 1. The van der Waals surface area contributed by atoms with Gasteiger partial charge in [0.1, 0.15) is 17.2 Å². The third-order valence-corrected chi connectivity index (χ3v) is 9.41. The maximum absolute atomic E-state index is 13.7. The SMILES string of the molecule is CNC(=O)c1c(-c2ccc(F)cc2)oc2cc(N(CCOCCOCCOCc3cccc(C(=O)C=C(O)C(=O)O)c3)S(C)(=O)=O)c(C3CC3)cc12. The maximum Gasteiger partial charge on any atom is 0.371 e. The molecule has 1 amide bonds. The average molecular weight is 739 g/mol. The number of anilines is 1. The summed E-state index contributed by atoms with van der Waals surface area (Å²) < 4.78 is 64.1. The minimum Gasteiger partial charge on any atom is -0.502 e. The molecule has 1 fully saturated rings. The molecule has 1 aromatic heterocycles. The number of rotatable bonds is 19. The summed E-state index contributed by atoms with van der Waals surface area (Å²) in [5, 5.41) is 21.2. The van der Waals surface area contributed by atoms with E-state index in [1.807, 2.05) is 6.07 Å². The van der Waals surface area contributed by atoms with Crippen LogP contribution in [0.1, 0.15) is 50.6 Å². The van der Waals surface area contributed by atoms with Gasteiger partial charge in [-0.2, -0.15) is 0 Å². The molecule has 13 nitrogen and oxygen atoms in total. The van der Waals surface area contributed by atoms with Crippen molar-refractivity contribution in [2.24, 2.45) is 0 Å². The number of carboxylic acid groups (broad SMARTS) is 1. The zero-order chi connectivity index (χ0) is 37.4. The molecule has 0 bridgehead atoms. The van der Waals surface area contributed by atoms with Crippen LogP contribution in [-0.4, -0.2) is 89.2 Å². The Labute approximate surface area is 299 Å². The van der Waals surface area contributed by atoms with Crippen molar-refractivity contribution >= 4 is 44.3 Å². The Morgan fingerprint density at radius 1 is 0.962 bits per heavy atom. The summed E-state index contributed by atoms with van der Waals surface area (Å²) in [7, 11) is -2.25. The van der Waals surface area contributed by atoms with E-state index in [0.29, 0.717) is 33.9 Å². The number of nitrogens with one attached hydrogen (secondary N) is 1. The van der Waals surface area contributed by atoms with E-state index in [4.69, 9.17) is 23.7 Å².